The molecular formula is C19H24BrN5O. The highest BCUT2D eigenvalue weighted by Gasteiger charge is 2.24. The highest BCUT2D eigenvalue weighted by Crippen LogP contribution is 2.27. The largest absolute Gasteiger partial charge is 0.352 e. The first-order chi connectivity index (χ1) is 12.5. The van der Waals surface area contributed by atoms with E-state index in [1.165, 1.54) is 5.56 Å². The van der Waals surface area contributed by atoms with E-state index in [1.54, 1.807) is 7.05 Å². The minimum absolute atomic E-state index is 0.0612. The lowest BCUT2D eigenvalue weighted by molar-refractivity contribution is -0.117. The number of hydrogen-bond acceptors (Lipinski definition) is 2. The molecule has 2 aromatic rings. The number of carbonyl (C=O) groups excluding carboxylic acids is 1. The van der Waals surface area contributed by atoms with Gasteiger partial charge in [-0.25, -0.2) is 0 Å². The number of para-hydroxylation sites is 1. The van der Waals surface area contributed by atoms with Crippen molar-refractivity contribution in [1.29, 1.82) is 0 Å². The number of carbonyl (C=O) groups is 1. The van der Waals surface area contributed by atoms with Gasteiger partial charge >= 0.3 is 0 Å². The number of aryl methyl sites for hydroxylation is 1. The molecule has 0 saturated heterocycles. The van der Waals surface area contributed by atoms with Gasteiger partial charge in [-0.1, -0.05) is 18.2 Å². The predicted octanol–water partition coefficient (Wildman–Crippen LogP) is 2.38. The Kier molecular flexibility index (Phi) is 5.66. The molecule has 0 bridgehead atoms. The van der Waals surface area contributed by atoms with E-state index in [0.29, 0.717) is 12.5 Å². The van der Waals surface area contributed by atoms with E-state index >= 15 is 0 Å². The van der Waals surface area contributed by atoms with Crippen molar-refractivity contribution >= 4 is 33.5 Å². The molecule has 0 unspecified atom stereocenters. The van der Waals surface area contributed by atoms with Gasteiger partial charge in [0.1, 0.15) is 0 Å². The van der Waals surface area contributed by atoms with Crippen molar-refractivity contribution in [3.8, 4) is 0 Å². The molecule has 2 heterocycles. The molecule has 3 rings (SSSR count). The van der Waals surface area contributed by atoms with Crippen LogP contribution in [0.25, 0.3) is 0 Å². The van der Waals surface area contributed by atoms with Gasteiger partial charge in [-0.2, -0.15) is 0 Å². The van der Waals surface area contributed by atoms with E-state index in [1.807, 2.05) is 48.3 Å². The van der Waals surface area contributed by atoms with Gasteiger partial charge in [0.25, 0.3) is 0 Å². The Morgan fingerprint density at radius 3 is 2.85 bits per heavy atom. The predicted molar refractivity (Wildman–Crippen MR) is 108 cm³/mol. The first kappa shape index (κ1) is 18.5. The molecule has 7 heteroatoms. The smallest absolute Gasteiger partial charge is 0.246 e. The number of aliphatic imine (C=N–C) groups is 1. The number of rotatable bonds is 4. The highest BCUT2D eigenvalue weighted by atomic mass is 79.9. The minimum Gasteiger partial charge on any atom is -0.352 e. The van der Waals surface area contributed by atoms with Crippen molar-refractivity contribution in [2.24, 2.45) is 12.0 Å². The van der Waals surface area contributed by atoms with Crippen LogP contribution in [0, 0.1) is 0 Å². The lowest BCUT2D eigenvalue weighted by Gasteiger charge is -2.23. The number of nitrogens with zero attached hydrogens (tertiary/aromatic N) is 4. The number of amides is 1. The van der Waals surface area contributed by atoms with Crippen LogP contribution in [0.4, 0.5) is 5.69 Å². The van der Waals surface area contributed by atoms with Crippen LogP contribution in [0.2, 0.25) is 0 Å². The van der Waals surface area contributed by atoms with Crippen LogP contribution in [0.15, 0.2) is 46.0 Å². The van der Waals surface area contributed by atoms with Crippen LogP contribution in [0.5, 0.6) is 0 Å². The fourth-order valence-electron chi connectivity index (χ4n) is 3.27. The summed E-state index contributed by atoms with van der Waals surface area (Å²) in [6.07, 6.45) is 2.94. The van der Waals surface area contributed by atoms with Crippen molar-refractivity contribution in [3.05, 3.63) is 52.3 Å². The van der Waals surface area contributed by atoms with E-state index < -0.39 is 0 Å². The summed E-state index contributed by atoms with van der Waals surface area (Å²) >= 11 is 3.49. The molecule has 1 aliphatic rings. The first-order valence-corrected chi connectivity index (χ1v) is 9.39. The normalized spacial score (nSPS) is 13.7. The van der Waals surface area contributed by atoms with Crippen molar-refractivity contribution in [2.75, 3.05) is 32.1 Å². The number of halogens is 1. The van der Waals surface area contributed by atoms with Crippen LogP contribution in [0.3, 0.4) is 0 Å². The molecule has 0 aliphatic carbocycles. The number of fused-ring (bicyclic) bond motifs is 1. The van der Waals surface area contributed by atoms with Gasteiger partial charge < -0.3 is 19.7 Å². The Labute approximate surface area is 162 Å². The van der Waals surface area contributed by atoms with E-state index in [0.717, 1.165) is 28.8 Å². The van der Waals surface area contributed by atoms with Crippen LogP contribution < -0.4 is 10.2 Å². The maximum Gasteiger partial charge on any atom is 0.246 e. The molecule has 1 amide bonds. The second-order valence-electron chi connectivity index (χ2n) is 6.44. The molecule has 0 radical (unpaired) electrons. The van der Waals surface area contributed by atoms with Crippen molar-refractivity contribution in [1.82, 2.24) is 14.8 Å². The van der Waals surface area contributed by atoms with Crippen LogP contribution in [-0.4, -0.2) is 48.5 Å². The summed E-state index contributed by atoms with van der Waals surface area (Å²) in [6, 6.07) is 10.2. The standard InChI is InChI=1S/C19H24BrN5O/c1-21-19(24(3)13-16-10-15(20)12-23(16)2)22-11-18(26)25-9-8-14-6-4-5-7-17(14)25/h4-7,10,12H,8-9,11,13H2,1-3H3,(H,21,22). The second-order valence-corrected chi connectivity index (χ2v) is 7.36. The number of guanidine groups is 1. The van der Waals surface area contributed by atoms with Crippen molar-refractivity contribution in [3.63, 3.8) is 0 Å². The number of aromatic nitrogens is 1. The molecular weight excluding hydrogens is 394 g/mol. The summed E-state index contributed by atoms with van der Waals surface area (Å²) in [4.78, 5) is 20.8. The molecule has 1 N–H and O–H groups in total. The van der Waals surface area contributed by atoms with Gasteiger partial charge in [-0.15, -0.1) is 0 Å². The average molecular weight is 418 g/mol. The molecule has 1 aromatic carbocycles. The summed E-state index contributed by atoms with van der Waals surface area (Å²) in [7, 11) is 5.71. The molecule has 0 spiro atoms. The fraction of sp³-hybridized carbons (Fsp3) is 0.368. The molecule has 1 aromatic heterocycles. The van der Waals surface area contributed by atoms with Crippen LogP contribution in [-0.2, 0) is 24.8 Å². The average Bonchev–Trinajstić information content (AvgIpc) is 3.18. The molecule has 6 nitrogen and oxygen atoms in total. The third-order valence-electron chi connectivity index (χ3n) is 4.63. The zero-order chi connectivity index (χ0) is 18.7. The molecule has 0 saturated carbocycles. The van der Waals surface area contributed by atoms with Crippen molar-refractivity contribution in [2.45, 2.75) is 13.0 Å². The Hall–Kier alpha value is -2.28. The van der Waals surface area contributed by atoms with Gasteiger partial charge in [0, 0.05) is 49.7 Å². The van der Waals surface area contributed by atoms with Crippen molar-refractivity contribution < 1.29 is 4.79 Å². The number of hydrogen-bond donors (Lipinski definition) is 1. The SMILES string of the molecule is CN=C(NCC(=O)N1CCc2ccccc21)N(C)Cc1cc(Br)cn1C. The van der Waals surface area contributed by atoms with Gasteiger partial charge in [0.05, 0.1) is 13.1 Å². The maximum atomic E-state index is 12.6. The lowest BCUT2D eigenvalue weighted by atomic mass is 10.2. The third kappa shape index (κ3) is 3.93. The summed E-state index contributed by atoms with van der Waals surface area (Å²) in [5.74, 6) is 0.759. The Morgan fingerprint density at radius 1 is 1.38 bits per heavy atom. The van der Waals surface area contributed by atoms with Gasteiger partial charge in [0.2, 0.25) is 5.91 Å². The second kappa shape index (κ2) is 7.95. The monoisotopic (exact) mass is 417 g/mol. The summed E-state index contributed by atoms with van der Waals surface area (Å²) in [5.41, 5.74) is 3.41. The Morgan fingerprint density at radius 2 is 2.15 bits per heavy atom. The maximum absolute atomic E-state index is 12.6. The fourth-order valence-corrected chi connectivity index (χ4v) is 3.84. The number of benzene rings is 1. The zero-order valence-corrected chi connectivity index (χ0v) is 17.0. The van der Waals surface area contributed by atoms with E-state index in [-0.39, 0.29) is 12.5 Å². The van der Waals surface area contributed by atoms with Gasteiger partial charge in [0.15, 0.2) is 5.96 Å². The van der Waals surface area contributed by atoms with E-state index in [4.69, 9.17) is 0 Å². The lowest BCUT2D eigenvalue weighted by Crippen LogP contribution is -2.45. The zero-order valence-electron chi connectivity index (χ0n) is 15.4. The first-order valence-electron chi connectivity index (χ1n) is 8.60. The third-order valence-corrected chi connectivity index (χ3v) is 5.07. The number of anilines is 1. The molecule has 0 atom stereocenters. The Bertz CT molecular complexity index is 829. The summed E-state index contributed by atoms with van der Waals surface area (Å²) < 4.78 is 3.12. The van der Waals surface area contributed by atoms with E-state index in [2.05, 4.69) is 42.9 Å². The molecule has 26 heavy (non-hydrogen) atoms. The quantitative estimate of drug-likeness (QED) is 0.613. The van der Waals surface area contributed by atoms with E-state index in [9.17, 15) is 4.79 Å². The number of nitrogens with one attached hydrogen (secondary N) is 1. The molecule has 0 fully saturated rings. The minimum atomic E-state index is 0.0612. The summed E-state index contributed by atoms with van der Waals surface area (Å²) in [6.45, 7) is 1.66. The van der Waals surface area contributed by atoms with Gasteiger partial charge in [-0.3, -0.25) is 9.79 Å². The van der Waals surface area contributed by atoms with Crippen LogP contribution >= 0.6 is 15.9 Å². The molecule has 138 valence electrons. The highest BCUT2D eigenvalue weighted by molar-refractivity contribution is 9.10. The van der Waals surface area contributed by atoms with Crippen LogP contribution in [0.1, 0.15) is 11.3 Å². The molecule has 1 aliphatic heterocycles. The topological polar surface area (TPSA) is 52.9 Å². The Balaban J connectivity index is 1.59. The van der Waals surface area contributed by atoms with Gasteiger partial charge in [-0.05, 0) is 40.0 Å². The summed E-state index contributed by atoms with van der Waals surface area (Å²) in [5, 5.41) is 3.19.